The summed E-state index contributed by atoms with van der Waals surface area (Å²) in [5, 5.41) is 9.66. The van der Waals surface area contributed by atoms with Crippen molar-refractivity contribution in [1.82, 2.24) is 0 Å². The van der Waals surface area contributed by atoms with Crippen LogP contribution in [0.4, 0.5) is 0 Å². The van der Waals surface area contributed by atoms with Crippen molar-refractivity contribution in [2.24, 2.45) is 0 Å². The number of unbranched alkanes of at least 4 members (excludes halogenated alkanes) is 45. The normalized spacial score (nSPS) is 12.4. The van der Waals surface area contributed by atoms with Crippen molar-refractivity contribution in [1.29, 1.82) is 0 Å². The van der Waals surface area contributed by atoms with Gasteiger partial charge in [0.15, 0.2) is 6.10 Å². The lowest BCUT2D eigenvalue weighted by molar-refractivity contribution is -0.161. The smallest absolute Gasteiger partial charge is 0.306 e. The predicted octanol–water partition coefficient (Wildman–Crippen LogP) is 22.4. The second-order valence-electron chi connectivity index (χ2n) is 22.2. The lowest BCUT2D eigenvalue weighted by atomic mass is 10.0. The van der Waals surface area contributed by atoms with E-state index in [0.717, 1.165) is 51.4 Å². The summed E-state index contributed by atoms with van der Waals surface area (Å²) in [7, 11) is 0. The standard InChI is InChI=1S/C68H126O5/c1-3-5-7-9-11-13-15-17-19-21-23-24-25-26-27-28-29-30-31-32-33-34-35-36-37-38-39-40-41-42-43-44-45-47-49-51-53-55-57-59-61-63-68(71)73-66(64-69)65-72-67(70)62-60-58-56-54-52-50-48-46-22-20-18-16-14-12-10-8-6-4-2/h15,17,20-23,25-26,66,69H,3-14,16,18-19,24,27-65H2,1-2H3/b17-15-,22-20-,23-21-,26-25-. The van der Waals surface area contributed by atoms with Crippen molar-refractivity contribution in [3.8, 4) is 0 Å². The zero-order chi connectivity index (χ0) is 52.7. The molecule has 5 heteroatoms. The van der Waals surface area contributed by atoms with Crippen molar-refractivity contribution in [3.63, 3.8) is 0 Å². The molecule has 73 heavy (non-hydrogen) atoms. The Labute approximate surface area is 456 Å². The molecule has 0 aliphatic heterocycles. The molecule has 0 fully saturated rings. The SMILES string of the molecule is CCCCCCC/C=C\C/C=C\C/C=C\CCCCCCCCCCCCCCCCCCCCCCCCCCCCC(=O)OC(CO)COC(=O)CCCCCCCCC/C=C\CCCCCCCCC. The van der Waals surface area contributed by atoms with E-state index in [1.807, 2.05) is 0 Å². The van der Waals surface area contributed by atoms with Gasteiger partial charge in [-0.1, -0.05) is 313 Å². The van der Waals surface area contributed by atoms with Gasteiger partial charge < -0.3 is 14.6 Å². The first-order valence-corrected chi connectivity index (χ1v) is 32.7. The van der Waals surface area contributed by atoms with Gasteiger partial charge in [0.25, 0.3) is 0 Å². The highest BCUT2D eigenvalue weighted by Crippen LogP contribution is 2.18. The van der Waals surface area contributed by atoms with Crippen molar-refractivity contribution in [2.45, 2.75) is 360 Å². The molecular weight excluding hydrogens is 897 g/mol. The quantitative estimate of drug-likeness (QED) is 0.0373. The number of carbonyl (C=O) groups is 2. The van der Waals surface area contributed by atoms with Crippen molar-refractivity contribution in [2.75, 3.05) is 13.2 Å². The molecule has 0 bridgehead atoms. The Morgan fingerprint density at radius 2 is 0.548 bits per heavy atom. The molecule has 0 radical (unpaired) electrons. The summed E-state index contributed by atoms with van der Waals surface area (Å²) in [6.07, 6.45) is 85.7. The van der Waals surface area contributed by atoms with Crippen LogP contribution in [-0.2, 0) is 19.1 Å². The third-order valence-electron chi connectivity index (χ3n) is 14.8. The Hall–Kier alpha value is -2.14. The average Bonchev–Trinajstić information content (AvgIpc) is 3.39. The molecule has 0 aliphatic carbocycles. The zero-order valence-corrected chi connectivity index (χ0v) is 49.2. The number of hydrogen-bond donors (Lipinski definition) is 1. The molecule has 0 aromatic heterocycles. The van der Waals surface area contributed by atoms with Gasteiger partial charge in [-0.3, -0.25) is 9.59 Å². The fourth-order valence-electron chi connectivity index (χ4n) is 9.91. The first-order chi connectivity index (χ1) is 36.1. The van der Waals surface area contributed by atoms with Crippen LogP contribution < -0.4 is 0 Å². The largest absolute Gasteiger partial charge is 0.462 e. The van der Waals surface area contributed by atoms with Gasteiger partial charge in [0.05, 0.1) is 6.61 Å². The number of hydrogen-bond acceptors (Lipinski definition) is 5. The summed E-state index contributed by atoms with van der Waals surface area (Å²) in [4.78, 5) is 24.5. The summed E-state index contributed by atoms with van der Waals surface area (Å²) in [6, 6.07) is 0. The van der Waals surface area contributed by atoms with E-state index in [0.29, 0.717) is 12.8 Å². The van der Waals surface area contributed by atoms with Gasteiger partial charge in [-0.2, -0.15) is 0 Å². The molecule has 0 heterocycles. The number of ether oxygens (including phenoxy) is 2. The van der Waals surface area contributed by atoms with Gasteiger partial charge >= 0.3 is 11.9 Å². The maximum Gasteiger partial charge on any atom is 0.306 e. The second-order valence-corrected chi connectivity index (χ2v) is 22.2. The molecule has 1 N–H and O–H groups in total. The van der Waals surface area contributed by atoms with Crippen LogP contribution in [0, 0.1) is 0 Å². The van der Waals surface area contributed by atoms with E-state index in [1.54, 1.807) is 0 Å². The molecule has 1 atom stereocenters. The van der Waals surface area contributed by atoms with Crippen LogP contribution in [0.3, 0.4) is 0 Å². The third kappa shape index (κ3) is 62.3. The van der Waals surface area contributed by atoms with Crippen molar-refractivity contribution >= 4 is 11.9 Å². The second kappa shape index (κ2) is 64.1. The monoisotopic (exact) mass is 1020 g/mol. The van der Waals surface area contributed by atoms with E-state index in [1.165, 1.54) is 276 Å². The lowest BCUT2D eigenvalue weighted by Crippen LogP contribution is -2.28. The van der Waals surface area contributed by atoms with E-state index in [-0.39, 0.29) is 25.2 Å². The first-order valence-electron chi connectivity index (χ1n) is 32.7. The van der Waals surface area contributed by atoms with E-state index >= 15 is 0 Å². The summed E-state index contributed by atoms with van der Waals surface area (Å²) >= 11 is 0. The summed E-state index contributed by atoms with van der Waals surface area (Å²) in [6.45, 7) is 4.16. The molecule has 0 saturated heterocycles. The molecule has 1 unspecified atom stereocenters. The molecule has 0 aliphatic rings. The molecule has 0 aromatic carbocycles. The topological polar surface area (TPSA) is 72.8 Å². The number of rotatable bonds is 61. The number of esters is 2. The molecule has 428 valence electrons. The fourth-order valence-corrected chi connectivity index (χ4v) is 9.91. The highest BCUT2D eigenvalue weighted by atomic mass is 16.6. The predicted molar refractivity (Wildman–Crippen MR) is 321 cm³/mol. The number of carbonyl (C=O) groups excluding carboxylic acids is 2. The minimum atomic E-state index is -0.772. The maximum atomic E-state index is 12.3. The molecule has 0 aromatic rings. The molecular formula is C68H126O5. The minimum Gasteiger partial charge on any atom is -0.462 e. The Bertz CT molecular complexity index is 1200. The Morgan fingerprint density at radius 1 is 0.315 bits per heavy atom. The summed E-state index contributed by atoms with van der Waals surface area (Å²) < 4.78 is 10.7. The molecule has 5 nitrogen and oxygen atoms in total. The van der Waals surface area contributed by atoms with E-state index < -0.39 is 6.10 Å². The average molecular weight is 1020 g/mol. The first kappa shape index (κ1) is 70.9. The lowest BCUT2D eigenvalue weighted by Gasteiger charge is -2.15. The van der Waals surface area contributed by atoms with Gasteiger partial charge in [0.2, 0.25) is 0 Å². The van der Waals surface area contributed by atoms with Crippen LogP contribution >= 0.6 is 0 Å². The summed E-state index contributed by atoms with van der Waals surface area (Å²) in [5.41, 5.74) is 0. The fraction of sp³-hybridized carbons (Fsp3) is 0.853. The maximum absolute atomic E-state index is 12.3. The number of aliphatic hydroxyl groups excluding tert-OH is 1. The Balaban J connectivity index is 3.38. The van der Waals surface area contributed by atoms with Gasteiger partial charge in [0.1, 0.15) is 6.61 Å². The van der Waals surface area contributed by atoms with Crippen LogP contribution in [-0.4, -0.2) is 36.4 Å². The van der Waals surface area contributed by atoms with E-state index in [9.17, 15) is 14.7 Å². The third-order valence-corrected chi connectivity index (χ3v) is 14.8. The zero-order valence-electron chi connectivity index (χ0n) is 49.2. The number of aliphatic hydroxyl groups is 1. The molecule has 0 rings (SSSR count). The van der Waals surface area contributed by atoms with Crippen LogP contribution in [0.15, 0.2) is 48.6 Å². The van der Waals surface area contributed by atoms with Crippen molar-refractivity contribution in [3.05, 3.63) is 48.6 Å². The molecule has 0 spiro atoms. The van der Waals surface area contributed by atoms with E-state index in [2.05, 4.69) is 62.5 Å². The number of allylic oxidation sites excluding steroid dienone is 8. The van der Waals surface area contributed by atoms with Crippen LogP contribution in [0.1, 0.15) is 354 Å². The minimum absolute atomic E-state index is 0.0635. The van der Waals surface area contributed by atoms with Crippen LogP contribution in [0.2, 0.25) is 0 Å². The van der Waals surface area contributed by atoms with Gasteiger partial charge in [-0.15, -0.1) is 0 Å². The molecule has 0 saturated carbocycles. The van der Waals surface area contributed by atoms with Gasteiger partial charge in [-0.05, 0) is 77.0 Å². The van der Waals surface area contributed by atoms with Crippen molar-refractivity contribution < 1.29 is 24.2 Å². The van der Waals surface area contributed by atoms with Crippen LogP contribution in [0.25, 0.3) is 0 Å². The molecule has 0 amide bonds. The van der Waals surface area contributed by atoms with Crippen LogP contribution in [0.5, 0.6) is 0 Å². The highest BCUT2D eigenvalue weighted by molar-refractivity contribution is 5.70. The van der Waals surface area contributed by atoms with Gasteiger partial charge in [-0.25, -0.2) is 0 Å². The Kier molecular flexibility index (Phi) is 62.3. The van der Waals surface area contributed by atoms with Gasteiger partial charge in [0, 0.05) is 12.8 Å². The highest BCUT2D eigenvalue weighted by Gasteiger charge is 2.16. The van der Waals surface area contributed by atoms with E-state index in [4.69, 9.17) is 9.47 Å². The Morgan fingerprint density at radius 3 is 0.836 bits per heavy atom. The summed E-state index contributed by atoms with van der Waals surface area (Å²) in [5.74, 6) is -0.578.